The number of carbonyl (C=O) groups is 2. The number of fused-ring (bicyclic) bond motifs is 1. The molecule has 1 amide bonds. The van der Waals surface area contributed by atoms with E-state index in [1.165, 1.54) is 6.92 Å². The van der Waals surface area contributed by atoms with Gasteiger partial charge < -0.3 is 10.1 Å². The van der Waals surface area contributed by atoms with Crippen LogP contribution in [0.5, 0.6) is 0 Å². The molecule has 7 nitrogen and oxygen atoms in total. The molecule has 1 N–H and O–H groups in total. The topological polar surface area (TPSA) is 98.8 Å². The molecule has 8 heteroatoms. The number of ether oxygens (including phenoxy) is 1. The Balaban J connectivity index is 1.75. The van der Waals surface area contributed by atoms with E-state index in [2.05, 4.69) is 11.9 Å². The van der Waals surface area contributed by atoms with Crippen LogP contribution in [0.2, 0.25) is 0 Å². The standard InChI is InChI=1S/C15H21NO6S/c1-8(2)13(18)16-6-10(17)21-11-12-15(4)7-14(11,3)5-9(15)22-23(12,19)20/h9,11-12H,1,5-7H2,2-4H3,(H,16,18). The minimum Gasteiger partial charge on any atom is -0.459 e. The van der Waals surface area contributed by atoms with E-state index in [0.717, 1.165) is 0 Å². The van der Waals surface area contributed by atoms with Gasteiger partial charge in [-0.25, -0.2) is 0 Å². The van der Waals surface area contributed by atoms with Crippen LogP contribution < -0.4 is 5.32 Å². The molecule has 2 saturated carbocycles. The summed E-state index contributed by atoms with van der Waals surface area (Å²) in [6, 6.07) is 0. The Kier molecular flexibility index (Phi) is 3.43. The van der Waals surface area contributed by atoms with E-state index >= 15 is 0 Å². The van der Waals surface area contributed by atoms with Crippen LogP contribution in [0, 0.1) is 10.8 Å². The summed E-state index contributed by atoms with van der Waals surface area (Å²) in [6.45, 7) is 8.51. The average molecular weight is 343 g/mol. The molecule has 0 aromatic rings. The van der Waals surface area contributed by atoms with Gasteiger partial charge in [-0.15, -0.1) is 0 Å². The second-order valence-corrected chi connectivity index (χ2v) is 9.10. The molecule has 5 unspecified atom stereocenters. The summed E-state index contributed by atoms with van der Waals surface area (Å²) in [7, 11) is -3.75. The zero-order valence-corrected chi connectivity index (χ0v) is 14.2. The molecule has 128 valence electrons. The summed E-state index contributed by atoms with van der Waals surface area (Å²) in [4.78, 5) is 23.5. The maximum Gasteiger partial charge on any atom is 0.325 e. The third kappa shape index (κ3) is 2.30. The number of nitrogens with one attached hydrogen (secondary N) is 1. The Bertz CT molecular complexity index is 701. The maximum absolute atomic E-state index is 12.3. The van der Waals surface area contributed by atoms with Crippen molar-refractivity contribution >= 4 is 22.0 Å². The molecule has 1 aliphatic heterocycles. The minimum absolute atomic E-state index is 0.284. The lowest BCUT2D eigenvalue weighted by Gasteiger charge is -2.34. The van der Waals surface area contributed by atoms with E-state index in [-0.39, 0.29) is 18.2 Å². The van der Waals surface area contributed by atoms with E-state index < -0.39 is 44.2 Å². The number of hydrogen-bond acceptors (Lipinski definition) is 6. The van der Waals surface area contributed by atoms with Crippen LogP contribution in [0.1, 0.15) is 33.6 Å². The first-order valence-corrected chi connectivity index (χ1v) is 9.02. The Hall–Kier alpha value is -1.41. The van der Waals surface area contributed by atoms with Crippen LogP contribution in [0.25, 0.3) is 0 Å². The molecule has 5 atom stereocenters. The van der Waals surface area contributed by atoms with Gasteiger partial charge in [0.25, 0.3) is 10.1 Å². The highest BCUT2D eigenvalue weighted by Gasteiger charge is 2.76. The van der Waals surface area contributed by atoms with E-state index in [0.29, 0.717) is 12.8 Å². The molecule has 23 heavy (non-hydrogen) atoms. The summed E-state index contributed by atoms with van der Waals surface area (Å²) < 4.78 is 35.3. The van der Waals surface area contributed by atoms with Gasteiger partial charge in [-0.1, -0.05) is 20.4 Å². The lowest BCUT2D eigenvalue weighted by Crippen LogP contribution is -2.48. The van der Waals surface area contributed by atoms with Gasteiger partial charge in [0.05, 0.1) is 6.10 Å². The van der Waals surface area contributed by atoms with Gasteiger partial charge in [0.15, 0.2) is 0 Å². The van der Waals surface area contributed by atoms with E-state index in [4.69, 9.17) is 8.92 Å². The first kappa shape index (κ1) is 16.4. The van der Waals surface area contributed by atoms with Crippen molar-refractivity contribution in [3.63, 3.8) is 0 Å². The van der Waals surface area contributed by atoms with Gasteiger partial charge in [0.2, 0.25) is 5.91 Å². The molecular formula is C15H21NO6S. The van der Waals surface area contributed by atoms with Crippen molar-refractivity contribution in [2.24, 2.45) is 10.8 Å². The Morgan fingerprint density at radius 3 is 2.65 bits per heavy atom. The van der Waals surface area contributed by atoms with Gasteiger partial charge in [-0.3, -0.25) is 13.8 Å². The summed E-state index contributed by atoms with van der Waals surface area (Å²) in [6.07, 6.45) is 0.117. The number of amides is 1. The molecule has 2 bridgehead atoms. The van der Waals surface area contributed by atoms with Gasteiger partial charge in [-0.2, -0.15) is 8.42 Å². The number of carbonyl (C=O) groups excluding carboxylic acids is 2. The molecule has 0 aromatic heterocycles. The summed E-state index contributed by atoms with van der Waals surface area (Å²) >= 11 is 0. The first-order valence-electron chi connectivity index (χ1n) is 7.55. The van der Waals surface area contributed by atoms with Crippen LogP contribution in [0.3, 0.4) is 0 Å². The molecule has 3 aliphatic rings. The van der Waals surface area contributed by atoms with Crippen LogP contribution in [-0.4, -0.2) is 44.3 Å². The van der Waals surface area contributed by atoms with Gasteiger partial charge in [0, 0.05) is 16.4 Å². The van der Waals surface area contributed by atoms with Crippen molar-refractivity contribution in [3.05, 3.63) is 12.2 Å². The maximum atomic E-state index is 12.3. The van der Waals surface area contributed by atoms with E-state index in [1.54, 1.807) is 0 Å². The van der Waals surface area contributed by atoms with Crippen molar-refractivity contribution in [1.82, 2.24) is 5.32 Å². The number of rotatable bonds is 4. The normalized spacial score (nSPS) is 42.5. The monoisotopic (exact) mass is 343 g/mol. The smallest absolute Gasteiger partial charge is 0.325 e. The van der Waals surface area contributed by atoms with Gasteiger partial charge in [-0.05, 0) is 19.8 Å². The van der Waals surface area contributed by atoms with Crippen molar-refractivity contribution < 1.29 is 26.9 Å². The highest BCUT2D eigenvalue weighted by Crippen LogP contribution is 2.68. The first-order chi connectivity index (χ1) is 10.5. The van der Waals surface area contributed by atoms with Crippen LogP contribution in [0.15, 0.2) is 12.2 Å². The second-order valence-electron chi connectivity index (χ2n) is 7.41. The zero-order valence-electron chi connectivity index (χ0n) is 13.4. The third-order valence-corrected chi connectivity index (χ3v) is 7.29. The highest BCUT2D eigenvalue weighted by molar-refractivity contribution is 7.87. The van der Waals surface area contributed by atoms with Crippen LogP contribution >= 0.6 is 0 Å². The molecule has 0 spiro atoms. The lowest BCUT2D eigenvalue weighted by molar-refractivity contribution is -0.154. The lowest BCUT2D eigenvalue weighted by atomic mass is 9.79. The quantitative estimate of drug-likeness (QED) is 0.454. The summed E-state index contributed by atoms with van der Waals surface area (Å²) in [5.74, 6) is -1.09. The number of hydrogen-bond donors (Lipinski definition) is 1. The van der Waals surface area contributed by atoms with Crippen molar-refractivity contribution in [2.45, 2.75) is 51.1 Å². The fourth-order valence-electron chi connectivity index (χ4n) is 4.46. The predicted octanol–water partition coefficient (Wildman–Crippen LogP) is 0.508. The molecule has 3 fully saturated rings. The van der Waals surface area contributed by atoms with Crippen molar-refractivity contribution in [2.75, 3.05) is 6.54 Å². The van der Waals surface area contributed by atoms with Crippen LogP contribution in [-0.2, 0) is 28.6 Å². The van der Waals surface area contributed by atoms with Gasteiger partial charge in [0.1, 0.15) is 17.9 Å². The fraction of sp³-hybridized carbons (Fsp3) is 0.733. The molecule has 1 heterocycles. The molecule has 0 radical (unpaired) electrons. The average Bonchev–Trinajstić information content (AvgIpc) is 2.82. The van der Waals surface area contributed by atoms with E-state index in [1.807, 2.05) is 13.8 Å². The molecule has 0 aromatic carbocycles. The molecular weight excluding hydrogens is 322 g/mol. The summed E-state index contributed by atoms with van der Waals surface area (Å²) in [5.41, 5.74) is -0.645. The SMILES string of the molecule is C=C(C)C(=O)NCC(=O)OC1C2C3(C)CC1(C)CC3OS2(=O)=O. The molecule has 3 rings (SSSR count). The van der Waals surface area contributed by atoms with Gasteiger partial charge >= 0.3 is 5.97 Å². The Labute approximate surface area is 135 Å². The zero-order chi connectivity index (χ0) is 17.2. The largest absolute Gasteiger partial charge is 0.459 e. The highest BCUT2D eigenvalue weighted by atomic mass is 32.2. The molecule has 1 saturated heterocycles. The fourth-order valence-corrected chi connectivity index (χ4v) is 6.77. The predicted molar refractivity (Wildman–Crippen MR) is 80.7 cm³/mol. The van der Waals surface area contributed by atoms with Crippen LogP contribution in [0.4, 0.5) is 0 Å². The third-order valence-electron chi connectivity index (χ3n) is 5.38. The van der Waals surface area contributed by atoms with Crippen molar-refractivity contribution in [1.29, 1.82) is 0 Å². The minimum atomic E-state index is -3.75. The Morgan fingerprint density at radius 2 is 2.04 bits per heavy atom. The number of esters is 1. The summed E-state index contributed by atoms with van der Waals surface area (Å²) in [5, 5.41) is 1.56. The Morgan fingerprint density at radius 1 is 1.39 bits per heavy atom. The van der Waals surface area contributed by atoms with E-state index in [9.17, 15) is 18.0 Å². The second kappa shape index (κ2) is 4.80. The van der Waals surface area contributed by atoms with Crippen molar-refractivity contribution in [3.8, 4) is 0 Å². The molecule has 2 aliphatic carbocycles.